The fourth-order valence-electron chi connectivity index (χ4n) is 0.0278. The van der Waals surface area contributed by atoms with Crippen molar-refractivity contribution in [3.63, 3.8) is 0 Å². The normalized spacial score (nSPS) is 7.50. The van der Waals surface area contributed by atoms with Crippen molar-refractivity contribution in [3.05, 3.63) is 0 Å². The summed E-state index contributed by atoms with van der Waals surface area (Å²) < 4.78 is -1.17. The fraction of sp³-hybridized carbons (Fsp3) is 0.333. The molecule has 0 unspecified atom stereocenters. The first kappa shape index (κ1) is 22.4. The summed E-state index contributed by atoms with van der Waals surface area (Å²) >= 11 is 5.61. The minimum atomic E-state index is -1.17. The van der Waals surface area contributed by atoms with Gasteiger partial charge in [-0.1, -0.05) is 0 Å². The second-order valence-electron chi connectivity index (χ2n) is 1.39. The Hall–Kier alpha value is 0.510. The van der Waals surface area contributed by atoms with Gasteiger partial charge in [0.15, 0.2) is 0 Å². The SMILES string of the molecule is O.O.O.O=C[C]([Na])(Cl)C=O. The van der Waals surface area contributed by atoms with Crippen LogP contribution in [0.3, 0.4) is 0 Å². The third-order valence-electron chi connectivity index (χ3n) is 0.461. The Bertz CT molecular complexity index is 84.9. The van der Waals surface area contributed by atoms with Crippen molar-refractivity contribution < 1.29 is 26.0 Å². The molecule has 0 saturated heterocycles. The third kappa shape index (κ3) is 11.3. The summed E-state index contributed by atoms with van der Waals surface area (Å²) in [5.74, 6) is 0. The Kier molecular flexibility index (Phi) is 21.3. The molecular formula is C3H8ClNaO5. The van der Waals surface area contributed by atoms with Crippen molar-refractivity contribution in [2.45, 2.75) is 2.12 Å². The van der Waals surface area contributed by atoms with E-state index in [9.17, 15) is 9.59 Å². The molecule has 0 aromatic carbocycles. The van der Waals surface area contributed by atoms with E-state index in [1.807, 2.05) is 0 Å². The van der Waals surface area contributed by atoms with Gasteiger partial charge in [-0.25, -0.2) is 0 Å². The van der Waals surface area contributed by atoms with Crippen LogP contribution >= 0.6 is 11.6 Å². The molecule has 7 heteroatoms. The molecule has 0 spiro atoms. The average Bonchev–Trinajstić information content (AvgIpc) is 1.68. The van der Waals surface area contributed by atoms with E-state index >= 15 is 0 Å². The molecule has 0 heterocycles. The molecule has 5 nitrogen and oxygen atoms in total. The van der Waals surface area contributed by atoms with E-state index in [1.54, 1.807) is 0 Å². The average molecular weight is 183 g/mol. The van der Waals surface area contributed by atoms with Crippen LogP contribution in [0.4, 0.5) is 0 Å². The van der Waals surface area contributed by atoms with Crippen molar-refractivity contribution in [1.82, 2.24) is 0 Å². The van der Waals surface area contributed by atoms with Gasteiger partial charge in [-0.3, -0.25) is 0 Å². The quantitative estimate of drug-likeness (QED) is 0.195. The van der Waals surface area contributed by atoms with Crippen LogP contribution in [0, 0.1) is 0 Å². The molecule has 10 heavy (non-hydrogen) atoms. The summed E-state index contributed by atoms with van der Waals surface area (Å²) in [5, 5.41) is 0. The van der Waals surface area contributed by atoms with E-state index in [2.05, 4.69) is 0 Å². The van der Waals surface area contributed by atoms with Crippen molar-refractivity contribution in [1.29, 1.82) is 0 Å². The Morgan fingerprint density at radius 1 is 1.10 bits per heavy atom. The molecule has 0 amide bonds. The van der Waals surface area contributed by atoms with Crippen LogP contribution < -0.4 is 0 Å². The predicted octanol–water partition coefficient (Wildman–Crippen LogP) is -2.99. The fourth-order valence-corrected chi connectivity index (χ4v) is 0.0278. The van der Waals surface area contributed by atoms with Crippen LogP contribution in [0.25, 0.3) is 0 Å². The van der Waals surface area contributed by atoms with E-state index in [1.165, 1.54) is 0 Å². The van der Waals surface area contributed by atoms with Crippen LogP contribution in [0.2, 0.25) is 0 Å². The standard InChI is InChI=1S/C3H2ClO2.Na.3H2O/c4-3(1-5)2-6;;;;/h1-2H;;3*1H2. The molecule has 0 saturated carbocycles. The van der Waals surface area contributed by atoms with Crippen LogP contribution in [-0.4, -0.2) is 59.1 Å². The zero-order chi connectivity index (χ0) is 5.91. The number of alkyl halides is 1. The molecule has 0 aliphatic carbocycles. The first-order valence-corrected chi connectivity index (χ1v) is 3.12. The Morgan fingerprint density at radius 2 is 1.30 bits per heavy atom. The molecule has 6 N–H and O–H groups in total. The van der Waals surface area contributed by atoms with Gasteiger partial charge in [0.05, 0.1) is 0 Å². The van der Waals surface area contributed by atoms with E-state index in [4.69, 9.17) is 11.6 Å². The molecule has 0 aromatic heterocycles. The molecule has 58 valence electrons. The van der Waals surface area contributed by atoms with Gasteiger partial charge in [0.1, 0.15) is 0 Å². The molecule has 0 aliphatic rings. The van der Waals surface area contributed by atoms with E-state index in [0.29, 0.717) is 40.5 Å². The molecule has 0 bridgehead atoms. The number of rotatable bonds is 2. The van der Waals surface area contributed by atoms with Gasteiger partial charge < -0.3 is 16.4 Å². The molecule has 0 atom stereocenters. The predicted molar refractivity (Wildman–Crippen MR) is 37.3 cm³/mol. The van der Waals surface area contributed by atoms with Gasteiger partial charge in [-0.2, -0.15) is 0 Å². The van der Waals surface area contributed by atoms with Gasteiger partial charge >= 0.3 is 63.8 Å². The number of halogens is 1. The summed E-state index contributed by atoms with van der Waals surface area (Å²) in [6.45, 7) is 0. The van der Waals surface area contributed by atoms with Crippen molar-refractivity contribution in [2.75, 3.05) is 0 Å². The molecule has 0 radical (unpaired) electrons. The van der Waals surface area contributed by atoms with Gasteiger partial charge in [0, 0.05) is 0 Å². The van der Waals surface area contributed by atoms with Crippen LogP contribution in [0.5, 0.6) is 0 Å². The maximum absolute atomic E-state index is 9.73. The zero-order valence-corrected chi connectivity index (χ0v) is 8.11. The Morgan fingerprint density at radius 3 is 1.30 bits per heavy atom. The Balaban J connectivity index is -0.0000000600. The van der Waals surface area contributed by atoms with E-state index < -0.39 is 2.12 Å². The van der Waals surface area contributed by atoms with Crippen LogP contribution in [-0.2, 0) is 9.59 Å². The maximum atomic E-state index is 9.73. The first-order valence-electron chi connectivity index (χ1n) is 1.74. The van der Waals surface area contributed by atoms with Gasteiger partial charge in [-0.05, 0) is 0 Å². The molecular weight excluding hydrogens is 174 g/mol. The van der Waals surface area contributed by atoms with Crippen molar-refractivity contribution >= 4 is 52.1 Å². The van der Waals surface area contributed by atoms with Crippen LogP contribution in [0.15, 0.2) is 0 Å². The summed E-state index contributed by atoms with van der Waals surface area (Å²) in [7, 11) is 0. The number of aldehydes is 2. The van der Waals surface area contributed by atoms with Gasteiger partial charge in [0.2, 0.25) is 0 Å². The summed E-state index contributed by atoms with van der Waals surface area (Å²) in [5.41, 5.74) is 0. The minimum absolute atomic E-state index is 0. The summed E-state index contributed by atoms with van der Waals surface area (Å²) in [4.78, 5) is 19.5. The molecule has 0 aliphatic heterocycles. The third-order valence-corrected chi connectivity index (χ3v) is 1.11. The number of hydrogen-bond donors (Lipinski definition) is 0. The van der Waals surface area contributed by atoms with Crippen molar-refractivity contribution in [3.8, 4) is 0 Å². The topological polar surface area (TPSA) is 129 Å². The second kappa shape index (κ2) is 9.51. The first-order chi connectivity index (χ1) is 3.12. The molecule has 0 fully saturated rings. The van der Waals surface area contributed by atoms with E-state index in [-0.39, 0.29) is 16.4 Å². The number of hydrogen-bond acceptors (Lipinski definition) is 2. The molecule has 0 aromatic rings. The summed E-state index contributed by atoms with van der Waals surface area (Å²) in [6, 6.07) is 0. The number of carbonyl (C=O) groups is 2. The number of carbonyl (C=O) groups excluding carboxylic acids is 2. The van der Waals surface area contributed by atoms with Gasteiger partial charge in [-0.15, -0.1) is 0 Å². The van der Waals surface area contributed by atoms with Crippen molar-refractivity contribution in [2.24, 2.45) is 0 Å². The second-order valence-corrected chi connectivity index (χ2v) is 4.49. The zero-order valence-electron chi connectivity index (χ0n) is 5.35. The molecule has 0 rings (SSSR count). The van der Waals surface area contributed by atoms with Crippen LogP contribution in [0.1, 0.15) is 0 Å². The Labute approximate surface area is 80.1 Å². The monoisotopic (exact) mass is 182 g/mol. The summed E-state index contributed by atoms with van der Waals surface area (Å²) in [6.07, 6.45) is 0.904. The van der Waals surface area contributed by atoms with E-state index in [0.717, 1.165) is 0 Å². The van der Waals surface area contributed by atoms with Gasteiger partial charge in [0.25, 0.3) is 0 Å².